The molecule has 0 fully saturated rings. The van der Waals surface area contributed by atoms with E-state index in [0.717, 1.165) is 22.6 Å². The SMILES string of the molecule is C[NH+](C)[C@@H](CNC(=O)CNc1ccc(C(F)(F)F)cc1[N+](=O)[O-])c1ccccc1. The van der Waals surface area contributed by atoms with Gasteiger partial charge in [0.2, 0.25) is 5.91 Å². The third-order valence-corrected chi connectivity index (χ3v) is 4.36. The zero-order valence-corrected chi connectivity index (χ0v) is 15.9. The zero-order chi connectivity index (χ0) is 21.6. The van der Waals surface area contributed by atoms with Crippen LogP contribution in [-0.2, 0) is 11.0 Å². The third-order valence-electron chi connectivity index (χ3n) is 4.36. The molecular weight excluding hydrogens is 389 g/mol. The molecule has 0 radical (unpaired) electrons. The Morgan fingerprint density at radius 1 is 1.17 bits per heavy atom. The predicted molar refractivity (Wildman–Crippen MR) is 102 cm³/mol. The van der Waals surface area contributed by atoms with E-state index >= 15 is 0 Å². The van der Waals surface area contributed by atoms with Crippen LogP contribution in [-0.4, -0.2) is 38.0 Å². The molecule has 2 rings (SSSR count). The Bertz CT molecular complexity index is 858. The number of nitro groups is 1. The van der Waals surface area contributed by atoms with Crippen LogP contribution in [0.5, 0.6) is 0 Å². The molecular formula is C19H22F3N4O3+. The number of amides is 1. The van der Waals surface area contributed by atoms with E-state index in [4.69, 9.17) is 0 Å². The molecule has 0 aromatic heterocycles. The molecule has 0 spiro atoms. The smallest absolute Gasteiger partial charge is 0.371 e. The van der Waals surface area contributed by atoms with Crippen molar-refractivity contribution in [2.45, 2.75) is 12.2 Å². The van der Waals surface area contributed by atoms with Gasteiger partial charge in [-0.15, -0.1) is 0 Å². The number of nitro benzene ring substituents is 1. The number of carbonyl (C=O) groups excluding carboxylic acids is 1. The Hall–Kier alpha value is -3.14. The number of likely N-dealkylation sites (N-methyl/N-ethyl adjacent to an activating group) is 1. The Balaban J connectivity index is 2.01. The van der Waals surface area contributed by atoms with Gasteiger partial charge in [0, 0.05) is 11.6 Å². The highest BCUT2D eigenvalue weighted by Crippen LogP contribution is 2.34. The number of anilines is 1. The number of hydrogen-bond donors (Lipinski definition) is 3. The molecule has 1 amide bonds. The van der Waals surface area contributed by atoms with Crippen LogP contribution in [0.1, 0.15) is 17.2 Å². The average Bonchev–Trinajstić information content (AvgIpc) is 2.66. The maximum absolute atomic E-state index is 12.7. The van der Waals surface area contributed by atoms with Crippen LogP contribution in [0.2, 0.25) is 0 Å². The molecule has 10 heteroatoms. The van der Waals surface area contributed by atoms with Crippen molar-refractivity contribution < 1.29 is 27.8 Å². The normalized spacial score (nSPS) is 12.5. The van der Waals surface area contributed by atoms with Crippen LogP contribution in [0.25, 0.3) is 0 Å². The first-order valence-electron chi connectivity index (χ1n) is 8.80. The number of hydrogen-bond acceptors (Lipinski definition) is 4. The van der Waals surface area contributed by atoms with Crippen molar-refractivity contribution in [2.75, 3.05) is 32.5 Å². The van der Waals surface area contributed by atoms with Gasteiger partial charge in [-0.3, -0.25) is 14.9 Å². The van der Waals surface area contributed by atoms with Crippen LogP contribution in [0.3, 0.4) is 0 Å². The highest BCUT2D eigenvalue weighted by Gasteiger charge is 2.33. The van der Waals surface area contributed by atoms with Gasteiger partial charge >= 0.3 is 6.18 Å². The van der Waals surface area contributed by atoms with Crippen molar-refractivity contribution in [3.63, 3.8) is 0 Å². The number of quaternary nitrogens is 1. The number of alkyl halides is 3. The molecule has 0 saturated heterocycles. The molecule has 0 unspecified atom stereocenters. The number of nitrogens with one attached hydrogen (secondary N) is 3. The summed E-state index contributed by atoms with van der Waals surface area (Å²) in [5.74, 6) is -0.429. The summed E-state index contributed by atoms with van der Waals surface area (Å²) < 4.78 is 38.2. The second-order valence-corrected chi connectivity index (χ2v) is 6.69. The van der Waals surface area contributed by atoms with Crippen molar-refractivity contribution in [1.82, 2.24) is 5.32 Å². The minimum atomic E-state index is -4.69. The summed E-state index contributed by atoms with van der Waals surface area (Å²) >= 11 is 0. The lowest BCUT2D eigenvalue weighted by molar-refractivity contribution is -0.890. The van der Waals surface area contributed by atoms with Crippen LogP contribution >= 0.6 is 0 Å². The average molecular weight is 411 g/mol. The lowest BCUT2D eigenvalue weighted by Gasteiger charge is -2.22. The first-order chi connectivity index (χ1) is 13.6. The zero-order valence-electron chi connectivity index (χ0n) is 15.9. The van der Waals surface area contributed by atoms with Gasteiger partial charge in [0.15, 0.2) is 0 Å². The fourth-order valence-corrected chi connectivity index (χ4v) is 2.80. The van der Waals surface area contributed by atoms with Crippen LogP contribution in [0, 0.1) is 10.1 Å². The molecule has 29 heavy (non-hydrogen) atoms. The molecule has 0 saturated carbocycles. The molecule has 156 valence electrons. The lowest BCUT2D eigenvalue weighted by Crippen LogP contribution is -3.07. The molecule has 0 heterocycles. The van der Waals surface area contributed by atoms with Crippen molar-refractivity contribution in [3.8, 4) is 0 Å². The number of nitrogens with zero attached hydrogens (tertiary/aromatic N) is 1. The summed E-state index contributed by atoms with van der Waals surface area (Å²) in [7, 11) is 3.90. The first kappa shape index (κ1) is 22.2. The summed E-state index contributed by atoms with van der Waals surface area (Å²) in [6, 6.07) is 11.7. The Morgan fingerprint density at radius 3 is 2.38 bits per heavy atom. The second kappa shape index (κ2) is 9.37. The van der Waals surface area contributed by atoms with Crippen molar-refractivity contribution >= 4 is 17.3 Å². The summed E-state index contributed by atoms with van der Waals surface area (Å²) in [6.45, 7) is 0.0262. The van der Waals surface area contributed by atoms with Crippen LogP contribution < -0.4 is 15.5 Å². The van der Waals surface area contributed by atoms with Gasteiger partial charge in [-0.2, -0.15) is 13.2 Å². The minimum absolute atomic E-state index is 0.000514. The first-order valence-corrected chi connectivity index (χ1v) is 8.80. The predicted octanol–water partition coefficient (Wildman–Crippen LogP) is 2.03. The summed E-state index contributed by atoms with van der Waals surface area (Å²) in [6.07, 6.45) is -4.69. The molecule has 0 bridgehead atoms. The van der Waals surface area contributed by atoms with Gasteiger partial charge in [0.25, 0.3) is 5.69 Å². The van der Waals surface area contributed by atoms with Gasteiger partial charge in [0.1, 0.15) is 11.7 Å². The Labute approximate surface area is 165 Å². The Kier molecular flexibility index (Phi) is 7.16. The molecule has 7 nitrogen and oxygen atoms in total. The molecule has 2 aromatic rings. The number of rotatable bonds is 8. The maximum atomic E-state index is 12.7. The molecule has 0 aliphatic heterocycles. The van der Waals surface area contributed by atoms with E-state index < -0.39 is 28.3 Å². The highest BCUT2D eigenvalue weighted by atomic mass is 19.4. The van der Waals surface area contributed by atoms with Crippen molar-refractivity contribution in [1.29, 1.82) is 0 Å². The van der Waals surface area contributed by atoms with Gasteiger partial charge in [-0.1, -0.05) is 30.3 Å². The fourth-order valence-electron chi connectivity index (χ4n) is 2.80. The van der Waals surface area contributed by atoms with Gasteiger partial charge in [-0.25, -0.2) is 0 Å². The second-order valence-electron chi connectivity index (χ2n) is 6.69. The van der Waals surface area contributed by atoms with E-state index in [0.29, 0.717) is 12.6 Å². The van der Waals surface area contributed by atoms with Crippen LogP contribution in [0.4, 0.5) is 24.5 Å². The minimum Gasteiger partial charge on any atom is -0.371 e. The molecule has 0 aliphatic carbocycles. The summed E-state index contributed by atoms with van der Waals surface area (Å²) in [5.41, 5.74) is -0.985. The van der Waals surface area contributed by atoms with Gasteiger partial charge < -0.3 is 15.5 Å². The van der Waals surface area contributed by atoms with Crippen molar-refractivity contribution in [2.24, 2.45) is 0 Å². The van der Waals surface area contributed by atoms with Gasteiger partial charge in [0.05, 0.1) is 37.7 Å². The number of benzene rings is 2. The maximum Gasteiger partial charge on any atom is 0.416 e. The quantitative estimate of drug-likeness (QED) is 0.458. The molecule has 2 aromatic carbocycles. The van der Waals surface area contributed by atoms with E-state index in [-0.39, 0.29) is 18.3 Å². The summed E-state index contributed by atoms with van der Waals surface area (Å²) in [4.78, 5) is 23.4. The lowest BCUT2D eigenvalue weighted by atomic mass is 10.1. The molecule has 0 aliphatic rings. The van der Waals surface area contributed by atoms with E-state index in [1.807, 2.05) is 44.4 Å². The Morgan fingerprint density at radius 2 is 1.83 bits per heavy atom. The van der Waals surface area contributed by atoms with E-state index in [1.54, 1.807) is 0 Å². The molecule has 3 N–H and O–H groups in total. The highest BCUT2D eigenvalue weighted by molar-refractivity contribution is 5.81. The topological polar surface area (TPSA) is 88.7 Å². The summed E-state index contributed by atoms with van der Waals surface area (Å²) in [5, 5.41) is 16.4. The third kappa shape index (κ3) is 6.18. The number of halogens is 3. The fraction of sp³-hybridized carbons (Fsp3) is 0.316. The van der Waals surface area contributed by atoms with Crippen molar-refractivity contribution in [3.05, 3.63) is 69.8 Å². The van der Waals surface area contributed by atoms with E-state index in [1.165, 1.54) is 0 Å². The standard InChI is InChI=1S/C19H21F3N4O3/c1-25(2)17(13-6-4-3-5-7-13)11-24-18(27)12-23-15-9-8-14(19(20,21)22)10-16(15)26(28)29/h3-10,17,23H,11-12H2,1-2H3,(H,24,27)/p+1/t17-/m0/s1. The van der Waals surface area contributed by atoms with Crippen LogP contribution in [0.15, 0.2) is 48.5 Å². The number of carbonyl (C=O) groups is 1. The monoisotopic (exact) mass is 411 g/mol. The van der Waals surface area contributed by atoms with E-state index in [2.05, 4.69) is 10.6 Å². The largest absolute Gasteiger partial charge is 0.416 e. The molecule has 1 atom stereocenters. The van der Waals surface area contributed by atoms with Gasteiger partial charge in [-0.05, 0) is 12.1 Å². The van der Waals surface area contributed by atoms with E-state index in [9.17, 15) is 28.1 Å².